The minimum absolute atomic E-state index is 0.104. The topological polar surface area (TPSA) is 167 Å². The second-order valence-corrected chi connectivity index (χ2v) is 21.1. The number of aliphatic hydroxyl groups is 1. The third kappa shape index (κ3) is 8.34. The number of benzene rings is 5. The second kappa shape index (κ2) is 17.4. The Balaban J connectivity index is 1.13. The molecule has 63 heavy (non-hydrogen) atoms. The van der Waals surface area contributed by atoms with E-state index in [2.05, 4.69) is 10.6 Å². The molecule has 0 saturated carbocycles. The molecule has 0 aromatic heterocycles. The third-order valence-corrected chi connectivity index (χ3v) is 15.2. The molecule has 0 unspecified atom stereocenters. The highest BCUT2D eigenvalue weighted by atomic mass is 28.4. The van der Waals surface area contributed by atoms with Crippen LogP contribution >= 0.6 is 0 Å². The lowest BCUT2D eigenvalue weighted by Crippen LogP contribution is -2.48. The van der Waals surface area contributed by atoms with Gasteiger partial charge in [-0.1, -0.05) is 43.3 Å². The molecule has 4 amide bonds. The molecule has 1 spiro atoms. The van der Waals surface area contributed by atoms with Gasteiger partial charge in [-0.3, -0.25) is 19.2 Å². The molecule has 8 rings (SSSR count). The van der Waals surface area contributed by atoms with Crippen LogP contribution in [0.2, 0.25) is 18.6 Å². The highest BCUT2D eigenvalue weighted by molar-refractivity contribution is 6.71. The summed E-state index contributed by atoms with van der Waals surface area (Å²) in [4.78, 5) is 71.9. The van der Waals surface area contributed by atoms with E-state index >= 15 is 4.79 Å². The van der Waals surface area contributed by atoms with Crippen molar-refractivity contribution in [2.75, 3.05) is 36.4 Å². The van der Waals surface area contributed by atoms with Crippen LogP contribution < -0.4 is 25.0 Å². The van der Waals surface area contributed by atoms with Crippen molar-refractivity contribution in [1.82, 2.24) is 4.90 Å². The van der Waals surface area contributed by atoms with Gasteiger partial charge in [-0.25, -0.2) is 0 Å². The van der Waals surface area contributed by atoms with Crippen molar-refractivity contribution in [2.24, 2.45) is 5.92 Å². The number of aliphatic hydroxyl groups excluding tert-OH is 1. The van der Waals surface area contributed by atoms with Gasteiger partial charge in [0.05, 0.1) is 51.6 Å². The van der Waals surface area contributed by atoms with Gasteiger partial charge in [0.1, 0.15) is 11.5 Å². The fraction of sp³-hybridized carbons (Fsp3) is 0.306. The number of amides is 4. The summed E-state index contributed by atoms with van der Waals surface area (Å²) in [5.74, 6) is -0.642. The minimum atomic E-state index is -3.18. The highest BCUT2D eigenvalue weighted by Crippen LogP contribution is 2.60. The van der Waals surface area contributed by atoms with Crippen molar-refractivity contribution in [3.8, 4) is 11.5 Å². The van der Waals surface area contributed by atoms with Gasteiger partial charge in [0, 0.05) is 46.1 Å². The molecule has 14 heteroatoms. The number of fused-ring (bicyclic) bond motifs is 3. The van der Waals surface area contributed by atoms with Crippen LogP contribution in [0.25, 0.3) is 0 Å². The summed E-state index contributed by atoms with van der Waals surface area (Å²) in [6, 6.07) is 33.5. The van der Waals surface area contributed by atoms with E-state index in [-0.39, 0.29) is 43.2 Å². The van der Waals surface area contributed by atoms with Crippen LogP contribution in [0.1, 0.15) is 56.3 Å². The lowest BCUT2D eigenvalue weighted by Gasteiger charge is -2.37. The van der Waals surface area contributed by atoms with E-state index < -0.39 is 37.5 Å². The molecule has 1 saturated heterocycles. The van der Waals surface area contributed by atoms with E-state index in [1.165, 1.54) is 0 Å². The lowest BCUT2D eigenvalue weighted by molar-refractivity contribution is -0.151. The standard InChI is InChI=1S/C49H52N4O9Si/c1-30-45(63(4,5)59)43(26-44(55)52-28-35-11-7-6-10-34(35)24-38(52)29-54)62-49(30)41-25-37(51-47(57)33-15-20-40(61-3)21-16-33)17-22-42(41)53(48(49)58)27-31-9-8-12-36(23-31)50-46(56)32-13-18-39(60-2)19-14-32/h6-23,25,30,38,43,45,54,59H,24,26-29H2,1-5H3,(H,50,56)(H,51,57)/t30-,38+,43+,45-,49+/m1/s1. The summed E-state index contributed by atoms with van der Waals surface area (Å²) >= 11 is 0. The molecule has 5 atom stereocenters. The molecule has 4 N–H and O–H groups in total. The SMILES string of the molecule is COc1ccc(C(=O)Nc2cccc(CN3C(=O)[C@@]4(O[C@@H](CC(=O)N5Cc6ccccc6C[C@H]5CO)[C@H]([Si](C)(C)O)[C@H]4C)c4cc(NC(=O)c5ccc(OC)cc5)ccc43)c2)cc1. The normalized spacial score (nSPS) is 21.5. The van der Waals surface area contributed by atoms with Gasteiger partial charge in [0.25, 0.3) is 17.7 Å². The average Bonchev–Trinajstić information content (AvgIpc) is 3.71. The van der Waals surface area contributed by atoms with Gasteiger partial charge in [0.15, 0.2) is 13.9 Å². The summed E-state index contributed by atoms with van der Waals surface area (Å²) in [6.07, 6.45) is -0.452. The van der Waals surface area contributed by atoms with Gasteiger partial charge in [-0.05, 0) is 115 Å². The first-order valence-electron chi connectivity index (χ1n) is 21.1. The quantitative estimate of drug-likeness (QED) is 0.0978. The van der Waals surface area contributed by atoms with E-state index in [4.69, 9.17) is 14.2 Å². The smallest absolute Gasteiger partial charge is 0.264 e. The maximum Gasteiger partial charge on any atom is 0.264 e. The Morgan fingerprint density at radius 2 is 1.41 bits per heavy atom. The summed E-state index contributed by atoms with van der Waals surface area (Å²) in [5.41, 5.74) is 3.49. The second-order valence-electron chi connectivity index (χ2n) is 17.1. The van der Waals surface area contributed by atoms with Crippen molar-refractivity contribution >= 4 is 49.0 Å². The first-order chi connectivity index (χ1) is 30.2. The average molecular weight is 869 g/mol. The van der Waals surface area contributed by atoms with Crippen LogP contribution in [-0.2, 0) is 39.4 Å². The Morgan fingerprint density at radius 1 is 0.810 bits per heavy atom. The molecule has 13 nitrogen and oxygen atoms in total. The molecular formula is C49H52N4O9Si. The first-order valence-corrected chi connectivity index (χ1v) is 24.1. The molecule has 1 fully saturated rings. The highest BCUT2D eigenvalue weighted by Gasteiger charge is 2.66. The number of hydrogen-bond donors (Lipinski definition) is 4. The summed E-state index contributed by atoms with van der Waals surface area (Å²) in [7, 11) is -0.0732. The number of anilines is 3. The molecule has 5 aromatic carbocycles. The summed E-state index contributed by atoms with van der Waals surface area (Å²) in [5, 5.41) is 16.4. The van der Waals surface area contributed by atoms with Crippen LogP contribution in [0.3, 0.4) is 0 Å². The predicted molar refractivity (Wildman–Crippen MR) is 241 cm³/mol. The van der Waals surface area contributed by atoms with E-state index in [1.54, 1.807) is 116 Å². The van der Waals surface area contributed by atoms with Crippen molar-refractivity contribution in [2.45, 2.75) is 69.2 Å². The number of ether oxygens (including phenoxy) is 3. The molecule has 5 aromatic rings. The molecule has 0 radical (unpaired) electrons. The summed E-state index contributed by atoms with van der Waals surface area (Å²) in [6.45, 7) is 5.72. The number of methoxy groups -OCH3 is 2. The van der Waals surface area contributed by atoms with Crippen LogP contribution in [0.4, 0.5) is 17.1 Å². The number of nitrogens with one attached hydrogen (secondary N) is 2. The van der Waals surface area contributed by atoms with E-state index in [9.17, 15) is 24.3 Å². The number of carbonyl (C=O) groups excluding carboxylic acids is 4. The van der Waals surface area contributed by atoms with E-state index in [1.807, 2.05) is 43.3 Å². The zero-order valence-corrected chi connectivity index (χ0v) is 37.0. The molecule has 3 heterocycles. The van der Waals surface area contributed by atoms with Gasteiger partial charge in [-0.2, -0.15) is 0 Å². The molecule has 3 aliphatic rings. The lowest BCUT2D eigenvalue weighted by atomic mass is 9.82. The Labute approximate surface area is 367 Å². The Morgan fingerprint density at radius 3 is 2.00 bits per heavy atom. The van der Waals surface area contributed by atoms with Gasteiger partial charge in [0.2, 0.25) is 5.91 Å². The molecule has 326 valence electrons. The fourth-order valence-corrected chi connectivity index (χ4v) is 12.2. The minimum Gasteiger partial charge on any atom is -0.497 e. The Bertz CT molecular complexity index is 2540. The van der Waals surface area contributed by atoms with Crippen molar-refractivity contribution in [3.05, 3.63) is 149 Å². The largest absolute Gasteiger partial charge is 0.497 e. The van der Waals surface area contributed by atoms with E-state index in [0.717, 1.165) is 16.7 Å². The molecule has 0 bridgehead atoms. The predicted octanol–water partition coefficient (Wildman–Crippen LogP) is 6.89. The zero-order chi connectivity index (χ0) is 44.6. The maximum atomic E-state index is 15.4. The van der Waals surface area contributed by atoms with Crippen molar-refractivity contribution in [3.63, 3.8) is 0 Å². The fourth-order valence-electron chi connectivity index (χ4n) is 9.67. The molecule has 3 aliphatic heterocycles. The first kappa shape index (κ1) is 43.3. The van der Waals surface area contributed by atoms with Gasteiger partial charge in [-0.15, -0.1) is 0 Å². The Hall–Kier alpha value is -6.32. The molecule has 0 aliphatic carbocycles. The number of nitrogens with zero attached hydrogens (tertiary/aromatic N) is 2. The summed E-state index contributed by atoms with van der Waals surface area (Å²) < 4.78 is 17.6. The molecular weight excluding hydrogens is 817 g/mol. The van der Waals surface area contributed by atoms with Crippen molar-refractivity contribution in [1.29, 1.82) is 0 Å². The van der Waals surface area contributed by atoms with Crippen LogP contribution in [0, 0.1) is 5.92 Å². The monoisotopic (exact) mass is 868 g/mol. The Kier molecular flexibility index (Phi) is 12.0. The van der Waals surface area contributed by atoms with Crippen LogP contribution in [0.15, 0.2) is 115 Å². The zero-order valence-electron chi connectivity index (χ0n) is 36.0. The van der Waals surface area contributed by atoms with Gasteiger partial charge < -0.3 is 44.5 Å². The van der Waals surface area contributed by atoms with E-state index in [0.29, 0.717) is 58.2 Å². The number of hydrogen-bond acceptors (Lipinski definition) is 9. The van der Waals surface area contributed by atoms with Crippen molar-refractivity contribution < 1.29 is 43.3 Å². The third-order valence-electron chi connectivity index (χ3n) is 12.7. The van der Waals surface area contributed by atoms with Crippen LogP contribution in [-0.4, -0.2) is 79.7 Å². The van der Waals surface area contributed by atoms with Gasteiger partial charge >= 0.3 is 0 Å². The maximum absolute atomic E-state index is 15.4. The number of rotatable bonds is 12. The number of carbonyl (C=O) groups is 4. The van der Waals surface area contributed by atoms with Crippen LogP contribution in [0.5, 0.6) is 11.5 Å².